The average molecular weight is 506 g/mol. The Hall–Kier alpha value is -1.84. The summed E-state index contributed by atoms with van der Waals surface area (Å²) in [5, 5.41) is 4.58. The summed E-state index contributed by atoms with van der Waals surface area (Å²) in [5.74, 6) is -3.34. The number of halogens is 5. The first-order valence-corrected chi connectivity index (χ1v) is 13.4. The topological polar surface area (TPSA) is 48.0 Å². The second-order valence-corrected chi connectivity index (χ2v) is 13.6. The molecule has 0 atom stereocenters. The molecule has 0 aliphatic rings. The van der Waals surface area contributed by atoms with Crippen LogP contribution >= 0.6 is 27.5 Å². The Bertz CT molecular complexity index is 1150. The lowest BCUT2D eigenvalue weighted by atomic mass is 10.0. The fraction of sp³-hybridized carbons (Fsp3) is 0.263. The summed E-state index contributed by atoms with van der Waals surface area (Å²) in [6, 6.07) is 2.42. The summed E-state index contributed by atoms with van der Waals surface area (Å²) in [5.41, 5.74) is -0.804. The summed E-state index contributed by atoms with van der Waals surface area (Å²) in [6.45, 7) is 7.84. The van der Waals surface area contributed by atoms with Crippen molar-refractivity contribution in [2.24, 2.45) is 0 Å². The molecule has 0 aliphatic carbocycles. The van der Waals surface area contributed by atoms with Gasteiger partial charge < -0.3 is 9.09 Å². The molecule has 1 aromatic carbocycles. The minimum Gasteiger partial charge on any atom is -0.365 e. The summed E-state index contributed by atoms with van der Waals surface area (Å²) in [7, 11) is -1.94. The molecule has 10 heteroatoms. The van der Waals surface area contributed by atoms with Crippen molar-refractivity contribution in [3.8, 4) is 22.5 Å². The summed E-state index contributed by atoms with van der Waals surface area (Å²) in [4.78, 5) is 12.6. The maximum atomic E-state index is 14.7. The minimum absolute atomic E-state index is 0.0777. The van der Waals surface area contributed by atoms with Crippen LogP contribution in [0.15, 0.2) is 32.0 Å². The van der Waals surface area contributed by atoms with Crippen LogP contribution in [0.25, 0.3) is 22.5 Å². The molecule has 0 amide bonds. The van der Waals surface area contributed by atoms with Gasteiger partial charge in [-0.1, -0.05) is 36.4 Å². The van der Waals surface area contributed by atoms with E-state index in [1.54, 1.807) is 6.92 Å². The van der Waals surface area contributed by atoms with Gasteiger partial charge >= 0.3 is 0 Å². The van der Waals surface area contributed by atoms with Gasteiger partial charge in [0.2, 0.25) is 0 Å². The Labute approximate surface area is 179 Å². The number of hydrogen-bond acceptors (Lipinski definition) is 3. The van der Waals surface area contributed by atoms with Crippen LogP contribution in [-0.2, 0) is 6.54 Å². The van der Waals surface area contributed by atoms with E-state index >= 15 is 0 Å². The van der Waals surface area contributed by atoms with Gasteiger partial charge in [-0.05, 0) is 28.9 Å². The second-order valence-electron chi connectivity index (χ2n) is 7.47. The van der Waals surface area contributed by atoms with Crippen molar-refractivity contribution in [3.63, 3.8) is 0 Å². The molecule has 3 rings (SSSR count). The Balaban J connectivity index is 2.47. The lowest BCUT2D eigenvalue weighted by molar-refractivity contribution is 0.445. The van der Waals surface area contributed by atoms with Crippen LogP contribution in [0.2, 0.25) is 24.7 Å². The van der Waals surface area contributed by atoms with Gasteiger partial charge in [-0.3, -0.25) is 4.79 Å². The Kier molecular flexibility index (Phi) is 5.86. The van der Waals surface area contributed by atoms with E-state index in [0.717, 1.165) is 4.57 Å². The highest BCUT2D eigenvalue weighted by Gasteiger charge is 2.31. The summed E-state index contributed by atoms with van der Waals surface area (Å²) >= 11 is 9.58. The van der Waals surface area contributed by atoms with Gasteiger partial charge in [-0.15, -0.1) is 0 Å². The maximum Gasteiger partial charge on any atom is 0.269 e. The van der Waals surface area contributed by atoms with E-state index in [9.17, 15) is 18.0 Å². The van der Waals surface area contributed by atoms with Gasteiger partial charge in [0.15, 0.2) is 0 Å². The van der Waals surface area contributed by atoms with Crippen molar-refractivity contribution in [1.82, 2.24) is 9.72 Å². The van der Waals surface area contributed by atoms with Gasteiger partial charge in [0, 0.05) is 24.2 Å². The van der Waals surface area contributed by atoms with E-state index in [0.29, 0.717) is 22.0 Å². The van der Waals surface area contributed by atoms with Crippen LogP contribution in [0.5, 0.6) is 0 Å². The predicted molar refractivity (Wildman–Crippen MR) is 113 cm³/mol. The van der Waals surface area contributed by atoms with E-state index in [1.807, 2.05) is 19.6 Å². The smallest absolute Gasteiger partial charge is 0.269 e. The van der Waals surface area contributed by atoms with E-state index in [-0.39, 0.29) is 28.5 Å². The van der Waals surface area contributed by atoms with Crippen LogP contribution in [0.1, 0.15) is 6.92 Å². The molecule has 2 aromatic heterocycles. The molecule has 0 N–H and O–H groups in total. The zero-order chi connectivity index (χ0) is 21.7. The highest BCUT2D eigenvalue weighted by atomic mass is 79.9. The van der Waals surface area contributed by atoms with Gasteiger partial charge in [0.1, 0.15) is 41.6 Å². The molecule has 0 unspecified atom stereocenters. The summed E-state index contributed by atoms with van der Waals surface area (Å²) < 4.78 is 50.0. The summed E-state index contributed by atoms with van der Waals surface area (Å²) in [6.07, 6.45) is 0. The maximum absolute atomic E-state index is 14.7. The number of aromatic nitrogens is 2. The molecule has 0 spiro atoms. The third kappa shape index (κ3) is 3.83. The van der Waals surface area contributed by atoms with E-state index in [1.165, 1.54) is 6.07 Å². The minimum atomic E-state index is -1.94. The third-order valence-electron chi connectivity index (χ3n) is 4.38. The first kappa shape index (κ1) is 21.9. The molecule has 0 radical (unpaired) electrons. The molecule has 0 saturated carbocycles. The second kappa shape index (κ2) is 7.77. The number of rotatable bonds is 4. The fourth-order valence-electron chi connectivity index (χ4n) is 3.07. The molecule has 29 heavy (non-hydrogen) atoms. The molecule has 3 aromatic rings. The van der Waals surface area contributed by atoms with Crippen molar-refractivity contribution < 1.29 is 17.7 Å². The Morgan fingerprint density at radius 1 is 1.17 bits per heavy atom. The molecule has 0 fully saturated rings. The van der Waals surface area contributed by atoms with Crippen LogP contribution in [0.4, 0.5) is 13.2 Å². The molecule has 154 valence electrons. The number of benzene rings is 1. The molecule has 0 saturated heterocycles. The predicted octanol–water partition coefficient (Wildman–Crippen LogP) is 5.57. The highest BCUT2D eigenvalue weighted by molar-refractivity contribution is 9.10. The molecule has 2 heterocycles. The molecule has 0 bridgehead atoms. The highest BCUT2D eigenvalue weighted by Crippen LogP contribution is 2.38. The van der Waals surface area contributed by atoms with Crippen molar-refractivity contribution in [1.29, 1.82) is 0 Å². The van der Waals surface area contributed by atoms with Crippen molar-refractivity contribution >= 4 is 41.0 Å². The van der Waals surface area contributed by atoms with Crippen LogP contribution < -0.4 is 10.9 Å². The lowest BCUT2D eigenvalue weighted by Gasteiger charge is -2.17. The lowest BCUT2D eigenvalue weighted by Crippen LogP contribution is -2.37. The van der Waals surface area contributed by atoms with E-state index in [4.69, 9.17) is 16.1 Å². The van der Waals surface area contributed by atoms with E-state index < -0.39 is 36.6 Å². The first-order chi connectivity index (χ1) is 13.5. The standard InChI is InChI=1S/C19H17BrClF3N2O2Si/c1-5-26-17(14-12(23)6-9(22)7-13(14)24)10(8-11(21)18(26)27)16-15(20)19(28-25-16)29(2,3)4/h6-8H,5H2,1-4H3. The third-order valence-corrected chi connectivity index (χ3v) is 7.45. The number of pyridine rings is 1. The number of hydrogen-bond donors (Lipinski definition) is 0. The zero-order valence-electron chi connectivity index (χ0n) is 16.0. The van der Waals surface area contributed by atoms with Crippen molar-refractivity contribution in [3.05, 3.63) is 55.5 Å². The molecule has 0 aliphatic heterocycles. The van der Waals surface area contributed by atoms with Crippen LogP contribution in [-0.4, -0.2) is 17.8 Å². The van der Waals surface area contributed by atoms with Crippen LogP contribution in [0, 0.1) is 17.5 Å². The number of nitrogens with zero attached hydrogens (tertiary/aromatic N) is 2. The quantitative estimate of drug-likeness (QED) is 0.436. The van der Waals surface area contributed by atoms with Gasteiger partial charge in [0.05, 0.1) is 15.7 Å². The Morgan fingerprint density at radius 2 is 1.76 bits per heavy atom. The monoisotopic (exact) mass is 504 g/mol. The van der Waals surface area contributed by atoms with Gasteiger partial charge in [0.25, 0.3) is 5.56 Å². The zero-order valence-corrected chi connectivity index (χ0v) is 19.4. The van der Waals surface area contributed by atoms with Crippen molar-refractivity contribution in [2.45, 2.75) is 33.1 Å². The van der Waals surface area contributed by atoms with Gasteiger partial charge in [-0.2, -0.15) is 0 Å². The SMILES string of the molecule is CCn1c(-c2c(F)cc(F)cc2F)c(-c2noc([Si](C)(C)C)c2Br)cc(Cl)c1=O. The van der Waals surface area contributed by atoms with E-state index in [2.05, 4.69) is 21.1 Å². The van der Waals surface area contributed by atoms with Crippen LogP contribution in [0.3, 0.4) is 0 Å². The Morgan fingerprint density at radius 3 is 2.24 bits per heavy atom. The molecular formula is C19H17BrClF3N2O2Si. The average Bonchev–Trinajstić information content (AvgIpc) is 2.98. The molecular weight excluding hydrogens is 489 g/mol. The normalized spacial score (nSPS) is 11.9. The molecule has 4 nitrogen and oxygen atoms in total. The van der Waals surface area contributed by atoms with Crippen molar-refractivity contribution in [2.75, 3.05) is 0 Å². The van der Waals surface area contributed by atoms with Gasteiger partial charge in [-0.25, -0.2) is 13.2 Å². The first-order valence-electron chi connectivity index (χ1n) is 8.71. The fourth-order valence-corrected chi connectivity index (χ4v) is 6.52. The largest absolute Gasteiger partial charge is 0.365 e.